The van der Waals surface area contributed by atoms with E-state index in [0.29, 0.717) is 0 Å². The summed E-state index contributed by atoms with van der Waals surface area (Å²) < 4.78 is 12.5. The fraction of sp³-hybridized carbons (Fsp3) is 0.0667. The van der Waals surface area contributed by atoms with Gasteiger partial charge in [-0.15, -0.1) is 0 Å². The molecule has 2 aromatic carbocycles. The van der Waals surface area contributed by atoms with Crippen LogP contribution >= 0.6 is 0 Å². The van der Waals surface area contributed by atoms with Crippen LogP contribution in [0, 0.1) is 6.42 Å². The van der Waals surface area contributed by atoms with Crippen molar-refractivity contribution in [2.24, 2.45) is 0 Å². The maximum absolute atomic E-state index is 12.5. The molecule has 0 unspecified atom stereocenters. The van der Waals surface area contributed by atoms with Crippen LogP contribution in [0.3, 0.4) is 0 Å². The minimum atomic E-state index is -1.29. The molecule has 1 nitrogen and oxygen atoms in total. The predicted octanol–water partition coefficient (Wildman–Crippen LogP) is 3.31. The summed E-state index contributed by atoms with van der Waals surface area (Å²) in [5.41, 5.74) is 5.09. The van der Waals surface area contributed by atoms with Gasteiger partial charge in [-0.05, 0) is 27.8 Å². The number of hydrogen-bond acceptors (Lipinski definition) is 1. The van der Waals surface area contributed by atoms with E-state index in [1.165, 1.54) is 0 Å². The molecule has 0 fully saturated rings. The van der Waals surface area contributed by atoms with Crippen LogP contribution in [-0.4, -0.2) is 6.04 Å². The summed E-state index contributed by atoms with van der Waals surface area (Å²) in [6.07, 6.45) is 1.87. The summed E-state index contributed by atoms with van der Waals surface area (Å²) in [5, 5.41) is 0. The van der Waals surface area contributed by atoms with Gasteiger partial charge in [-0.2, -0.15) is 4.39 Å². The molecule has 0 amide bonds. The smallest absolute Gasteiger partial charge is 0.261 e. The number of fused-ring (bicyclic) bond motifs is 3. The number of hydrogen-bond donors (Lipinski definition) is 0. The minimum Gasteiger partial charge on any atom is -0.261 e. The van der Waals surface area contributed by atoms with E-state index in [4.69, 9.17) is 0 Å². The van der Waals surface area contributed by atoms with Crippen molar-refractivity contribution < 1.29 is 9.18 Å². The van der Waals surface area contributed by atoms with Crippen LogP contribution in [0.5, 0.6) is 0 Å². The van der Waals surface area contributed by atoms with Gasteiger partial charge < -0.3 is 0 Å². The number of rotatable bonds is 2. The number of halogens is 1. The second kappa shape index (κ2) is 3.81. The minimum absolute atomic E-state index is 0.145. The molecular weight excluding hydrogens is 215 g/mol. The molecule has 1 aliphatic carbocycles. The van der Waals surface area contributed by atoms with Gasteiger partial charge in [0.15, 0.2) is 0 Å². The fourth-order valence-corrected chi connectivity index (χ4v) is 2.35. The highest BCUT2D eigenvalue weighted by Crippen LogP contribution is 2.39. The van der Waals surface area contributed by atoms with E-state index in [0.717, 1.165) is 27.8 Å². The quantitative estimate of drug-likeness (QED) is 0.611. The Hall–Kier alpha value is -1.96. The maximum atomic E-state index is 12.5. The third kappa shape index (κ3) is 1.66. The van der Waals surface area contributed by atoms with E-state index in [-0.39, 0.29) is 6.42 Å². The summed E-state index contributed by atoms with van der Waals surface area (Å²) in [6.45, 7) is 0. The summed E-state index contributed by atoms with van der Waals surface area (Å²) in [4.78, 5) is 10.6. The first-order valence-corrected chi connectivity index (χ1v) is 5.50. The molecule has 0 spiro atoms. The number of carbonyl (C=O) groups is 1. The van der Waals surface area contributed by atoms with Crippen molar-refractivity contribution >= 4 is 6.04 Å². The molecule has 0 saturated carbocycles. The topological polar surface area (TPSA) is 17.1 Å². The molecule has 0 saturated heterocycles. The molecule has 0 bridgehead atoms. The normalized spacial score (nSPS) is 12.1. The Balaban J connectivity index is 2.14. The van der Waals surface area contributed by atoms with Crippen LogP contribution in [0.25, 0.3) is 11.1 Å². The Labute approximate surface area is 98.9 Å². The molecule has 3 rings (SSSR count). The van der Waals surface area contributed by atoms with E-state index in [2.05, 4.69) is 0 Å². The SMILES string of the molecule is O=C(F)Cc1cccc2c1[CH]c1ccccc1-2. The zero-order valence-electron chi connectivity index (χ0n) is 9.11. The highest BCUT2D eigenvalue weighted by Gasteiger charge is 2.21. The monoisotopic (exact) mass is 225 g/mol. The van der Waals surface area contributed by atoms with Crippen molar-refractivity contribution in [3.63, 3.8) is 0 Å². The fourth-order valence-electron chi connectivity index (χ4n) is 2.35. The molecule has 2 heteroatoms. The third-order valence-electron chi connectivity index (χ3n) is 3.08. The largest absolute Gasteiger partial charge is 0.305 e. The van der Waals surface area contributed by atoms with Crippen LogP contribution in [0.4, 0.5) is 4.39 Å². The highest BCUT2D eigenvalue weighted by molar-refractivity contribution is 5.84. The molecular formula is C15H10FO. The predicted molar refractivity (Wildman–Crippen MR) is 64.2 cm³/mol. The first-order chi connectivity index (χ1) is 8.25. The maximum Gasteiger partial charge on any atom is 0.305 e. The Bertz CT molecular complexity index is 602. The Kier molecular flexibility index (Phi) is 2.29. The average Bonchev–Trinajstić information content (AvgIpc) is 2.68. The van der Waals surface area contributed by atoms with Gasteiger partial charge in [-0.3, -0.25) is 4.79 Å². The Morgan fingerprint density at radius 2 is 1.76 bits per heavy atom. The van der Waals surface area contributed by atoms with Gasteiger partial charge in [0.1, 0.15) is 0 Å². The molecule has 0 N–H and O–H groups in total. The van der Waals surface area contributed by atoms with Gasteiger partial charge in [0, 0.05) is 6.42 Å². The van der Waals surface area contributed by atoms with Gasteiger partial charge in [-0.25, -0.2) is 0 Å². The molecule has 0 atom stereocenters. The van der Waals surface area contributed by atoms with Crippen molar-refractivity contribution in [3.05, 3.63) is 65.6 Å². The van der Waals surface area contributed by atoms with Crippen molar-refractivity contribution in [2.75, 3.05) is 0 Å². The zero-order valence-corrected chi connectivity index (χ0v) is 9.11. The van der Waals surface area contributed by atoms with Gasteiger partial charge in [0.2, 0.25) is 0 Å². The highest BCUT2D eigenvalue weighted by atomic mass is 19.1. The lowest BCUT2D eigenvalue weighted by Crippen LogP contribution is -1.98. The second-order valence-corrected chi connectivity index (χ2v) is 4.14. The molecule has 83 valence electrons. The van der Waals surface area contributed by atoms with Crippen LogP contribution in [-0.2, 0) is 11.2 Å². The van der Waals surface area contributed by atoms with Gasteiger partial charge in [0.05, 0.1) is 6.42 Å². The van der Waals surface area contributed by atoms with Crippen LogP contribution in [0.15, 0.2) is 42.5 Å². The van der Waals surface area contributed by atoms with Crippen molar-refractivity contribution in [3.8, 4) is 11.1 Å². The van der Waals surface area contributed by atoms with Crippen LogP contribution < -0.4 is 0 Å². The van der Waals surface area contributed by atoms with Gasteiger partial charge in [0.25, 0.3) is 0 Å². The summed E-state index contributed by atoms with van der Waals surface area (Å²) in [5.74, 6) is 0. The van der Waals surface area contributed by atoms with Gasteiger partial charge >= 0.3 is 6.04 Å². The lowest BCUT2D eigenvalue weighted by atomic mass is 9.99. The van der Waals surface area contributed by atoms with Crippen molar-refractivity contribution in [1.82, 2.24) is 0 Å². The third-order valence-corrected chi connectivity index (χ3v) is 3.08. The van der Waals surface area contributed by atoms with E-state index >= 15 is 0 Å². The standard InChI is InChI=1S/C15H10FO/c16-15(17)9-11-5-3-7-13-12-6-2-1-4-10(12)8-14(11)13/h1-8H,9H2. The van der Waals surface area contributed by atoms with Crippen LogP contribution in [0.1, 0.15) is 16.7 Å². The van der Waals surface area contributed by atoms with E-state index in [1.54, 1.807) is 6.07 Å². The number of carbonyl (C=O) groups excluding carboxylic acids is 1. The summed E-state index contributed by atoms with van der Waals surface area (Å²) in [7, 11) is 0. The zero-order chi connectivity index (χ0) is 11.8. The van der Waals surface area contributed by atoms with Crippen molar-refractivity contribution in [1.29, 1.82) is 0 Å². The molecule has 0 aliphatic heterocycles. The molecule has 1 radical (unpaired) electrons. The van der Waals surface area contributed by atoms with E-state index in [1.807, 2.05) is 42.8 Å². The first kappa shape index (κ1) is 10.2. The molecule has 17 heavy (non-hydrogen) atoms. The molecule has 0 aromatic heterocycles. The molecule has 1 aliphatic rings. The van der Waals surface area contributed by atoms with E-state index in [9.17, 15) is 9.18 Å². The first-order valence-electron chi connectivity index (χ1n) is 5.50. The Morgan fingerprint density at radius 3 is 2.59 bits per heavy atom. The van der Waals surface area contributed by atoms with E-state index < -0.39 is 6.04 Å². The Morgan fingerprint density at radius 1 is 1.00 bits per heavy atom. The number of benzene rings is 2. The molecule has 2 aromatic rings. The lowest BCUT2D eigenvalue weighted by Gasteiger charge is -2.05. The van der Waals surface area contributed by atoms with Crippen LogP contribution in [0.2, 0.25) is 0 Å². The lowest BCUT2D eigenvalue weighted by molar-refractivity contribution is -0.128. The van der Waals surface area contributed by atoms with Gasteiger partial charge in [-0.1, -0.05) is 42.5 Å². The second-order valence-electron chi connectivity index (χ2n) is 4.14. The summed E-state index contributed by atoms with van der Waals surface area (Å²) in [6, 6.07) is 12.4. The summed E-state index contributed by atoms with van der Waals surface area (Å²) >= 11 is 0. The van der Waals surface area contributed by atoms with Crippen molar-refractivity contribution in [2.45, 2.75) is 6.42 Å². The molecule has 0 heterocycles. The average molecular weight is 225 g/mol.